The Morgan fingerprint density at radius 2 is 1.71 bits per heavy atom. The van der Waals surface area contributed by atoms with Gasteiger partial charge in [-0.25, -0.2) is 4.79 Å². The summed E-state index contributed by atoms with van der Waals surface area (Å²) in [4.78, 5) is 20.9. The van der Waals surface area contributed by atoms with E-state index in [1.54, 1.807) is 0 Å². The number of piperidine rings is 1. The molecular formula is C27H42N4O3. The number of amides is 1. The molecule has 4 rings (SSSR count). The Kier molecular flexibility index (Phi) is 8.37. The molecular weight excluding hydrogens is 428 g/mol. The van der Waals surface area contributed by atoms with Gasteiger partial charge in [0.2, 0.25) is 5.88 Å². The molecule has 34 heavy (non-hydrogen) atoms. The average Bonchev–Trinajstić information content (AvgIpc) is 3.02. The number of fused-ring (bicyclic) bond motifs is 1. The van der Waals surface area contributed by atoms with E-state index in [0.717, 1.165) is 49.1 Å². The number of benzene rings is 1. The molecule has 0 saturated carbocycles. The molecule has 2 aliphatic rings. The zero-order chi connectivity index (χ0) is 24.0. The zero-order valence-electron chi connectivity index (χ0n) is 21.2. The van der Waals surface area contributed by atoms with Gasteiger partial charge in [0.25, 0.3) is 0 Å². The summed E-state index contributed by atoms with van der Waals surface area (Å²) < 4.78 is 11.6. The van der Waals surface area contributed by atoms with E-state index in [-0.39, 0.29) is 11.5 Å². The van der Waals surface area contributed by atoms with E-state index in [1.807, 2.05) is 24.3 Å². The lowest BCUT2D eigenvalue weighted by Crippen LogP contribution is -2.47. The van der Waals surface area contributed by atoms with Gasteiger partial charge in [0.15, 0.2) is 0 Å². The Morgan fingerprint density at radius 3 is 2.38 bits per heavy atom. The summed E-state index contributed by atoms with van der Waals surface area (Å²) in [6.45, 7) is 13.9. The van der Waals surface area contributed by atoms with Crippen LogP contribution >= 0.6 is 0 Å². The molecule has 7 heteroatoms. The van der Waals surface area contributed by atoms with Gasteiger partial charge in [-0.3, -0.25) is 0 Å². The van der Waals surface area contributed by atoms with Crippen molar-refractivity contribution in [3.63, 3.8) is 0 Å². The third-order valence-corrected chi connectivity index (χ3v) is 6.80. The number of aromatic amines is 1. The van der Waals surface area contributed by atoms with Gasteiger partial charge in [-0.1, -0.05) is 39.7 Å². The van der Waals surface area contributed by atoms with Crippen molar-refractivity contribution in [2.24, 2.45) is 5.41 Å². The highest BCUT2D eigenvalue weighted by molar-refractivity contribution is 5.88. The largest absolute Gasteiger partial charge is 0.492 e. The lowest BCUT2D eigenvalue weighted by Gasteiger charge is -2.33. The summed E-state index contributed by atoms with van der Waals surface area (Å²) in [5, 5.41) is 3.98. The van der Waals surface area contributed by atoms with Crippen molar-refractivity contribution in [3.05, 3.63) is 24.3 Å². The van der Waals surface area contributed by atoms with E-state index in [4.69, 9.17) is 9.47 Å². The van der Waals surface area contributed by atoms with Crippen LogP contribution in [-0.2, 0) is 0 Å². The second-order valence-electron chi connectivity index (χ2n) is 11.1. The van der Waals surface area contributed by atoms with Gasteiger partial charge in [0.05, 0.1) is 12.1 Å². The summed E-state index contributed by atoms with van der Waals surface area (Å²) in [5.41, 5.74) is 0.965. The fourth-order valence-corrected chi connectivity index (χ4v) is 4.82. The van der Waals surface area contributed by atoms with E-state index in [0.29, 0.717) is 12.5 Å². The molecule has 7 nitrogen and oxygen atoms in total. The Labute approximate surface area is 204 Å². The van der Waals surface area contributed by atoms with E-state index in [1.165, 1.54) is 45.3 Å². The predicted octanol–water partition coefficient (Wildman–Crippen LogP) is 5.02. The summed E-state index contributed by atoms with van der Waals surface area (Å²) in [7, 11) is 0. The predicted molar refractivity (Wildman–Crippen MR) is 137 cm³/mol. The van der Waals surface area contributed by atoms with Crippen LogP contribution in [0.15, 0.2) is 24.3 Å². The number of hydrogen-bond acceptors (Lipinski definition) is 5. The number of aromatic nitrogens is 1. The molecule has 2 aromatic rings. The van der Waals surface area contributed by atoms with Crippen molar-refractivity contribution < 1.29 is 14.3 Å². The van der Waals surface area contributed by atoms with Crippen molar-refractivity contribution in [2.45, 2.75) is 65.3 Å². The quantitative estimate of drug-likeness (QED) is 0.595. The van der Waals surface area contributed by atoms with Crippen LogP contribution in [0.4, 0.5) is 4.79 Å². The topological polar surface area (TPSA) is 69.8 Å². The highest BCUT2D eigenvalue weighted by Crippen LogP contribution is 2.30. The smallest absolute Gasteiger partial charge is 0.414 e. The minimum absolute atomic E-state index is 0.0696. The van der Waals surface area contributed by atoms with E-state index in [2.05, 4.69) is 40.9 Å². The lowest BCUT2D eigenvalue weighted by atomic mass is 9.99. The first-order chi connectivity index (χ1) is 16.4. The number of likely N-dealkylation sites (tertiary alicyclic amines) is 2. The average molecular weight is 471 g/mol. The van der Waals surface area contributed by atoms with Gasteiger partial charge >= 0.3 is 6.09 Å². The highest BCUT2D eigenvalue weighted by atomic mass is 16.6. The summed E-state index contributed by atoms with van der Waals surface area (Å²) >= 11 is 0. The maximum absolute atomic E-state index is 12.5. The Balaban J connectivity index is 1.22. The van der Waals surface area contributed by atoms with Crippen LogP contribution in [0.5, 0.6) is 11.6 Å². The van der Waals surface area contributed by atoms with Gasteiger partial charge in [0, 0.05) is 43.7 Å². The molecule has 2 saturated heterocycles. The van der Waals surface area contributed by atoms with Crippen molar-refractivity contribution >= 4 is 17.0 Å². The maximum atomic E-state index is 12.5. The van der Waals surface area contributed by atoms with E-state index < -0.39 is 6.09 Å². The highest BCUT2D eigenvalue weighted by Gasteiger charge is 2.22. The number of hydrogen-bond donors (Lipinski definition) is 2. The lowest BCUT2D eigenvalue weighted by molar-refractivity contribution is 0.157. The van der Waals surface area contributed by atoms with Gasteiger partial charge < -0.3 is 29.6 Å². The first-order valence-electron chi connectivity index (χ1n) is 13.0. The molecule has 2 N–H and O–H groups in total. The fraction of sp³-hybridized carbons (Fsp3) is 0.667. The van der Waals surface area contributed by atoms with Crippen molar-refractivity contribution in [1.82, 2.24) is 20.1 Å². The van der Waals surface area contributed by atoms with Crippen molar-refractivity contribution in [2.75, 3.05) is 45.9 Å². The molecule has 0 spiro atoms. The standard InChI is InChI=1S/C27H42N4O3/c1-27(2,3)20-33-24-10-8-9-23-22(24)19-25(29-23)34-26(32)28-21-11-15-31(16-12-21)18-17-30-13-6-4-5-7-14-30/h8-10,19,21,29H,4-7,11-18,20H2,1-3H3,(H,28,32). The molecule has 0 radical (unpaired) electrons. The second kappa shape index (κ2) is 11.5. The van der Waals surface area contributed by atoms with Crippen LogP contribution in [0.2, 0.25) is 0 Å². The number of carbonyl (C=O) groups is 1. The molecule has 2 fully saturated rings. The van der Waals surface area contributed by atoms with Gasteiger partial charge in [-0.2, -0.15) is 0 Å². The molecule has 2 aliphatic heterocycles. The molecule has 0 unspecified atom stereocenters. The number of carbonyl (C=O) groups excluding carboxylic acids is 1. The normalized spacial score (nSPS) is 19.1. The van der Waals surface area contributed by atoms with Crippen LogP contribution in [0.25, 0.3) is 10.9 Å². The van der Waals surface area contributed by atoms with E-state index in [9.17, 15) is 4.79 Å². The third kappa shape index (κ3) is 7.37. The summed E-state index contributed by atoms with van der Waals surface area (Å²) in [5.74, 6) is 1.24. The first-order valence-corrected chi connectivity index (χ1v) is 13.0. The Hall–Kier alpha value is -2.25. The third-order valence-electron chi connectivity index (χ3n) is 6.80. The first kappa shape index (κ1) is 24.9. The molecule has 0 atom stereocenters. The number of H-pyrrole nitrogens is 1. The van der Waals surface area contributed by atoms with Crippen LogP contribution in [0.3, 0.4) is 0 Å². The monoisotopic (exact) mass is 470 g/mol. The zero-order valence-corrected chi connectivity index (χ0v) is 21.2. The fourth-order valence-electron chi connectivity index (χ4n) is 4.82. The van der Waals surface area contributed by atoms with Crippen LogP contribution < -0.4 is 14.8 Å². The van der Waals surface area contributed by atoms with Crippen molar-refractivity contribution in [3.8, 4) is 11.6 Å². The van der Waals surface area contributed by atoms with Crippen molar-refractivity contribution in [1.29, 1.82) is 0 Å². The Morgan fingerprint density at radius 1 is 1.03 bits per heavy atom. The molecule has 0 bridgehead atoms. The van der Waals surface area contributed by atoms with Gasteiger partial charge in [-0.05, 0) is 56.3 Å². The van der Waals surface area contributed by atoms with E-state index >= 15 is 0 Å². The van der Waals surface area contributed by atoms with Gasteiger partial charge in [-0.15, -0.1) is 0 Å². The number of nitrogens with one attached hydrogen (secondary N) is 2. The molecule has 3 heterocycles. The summed E-state index contributed by atoms with van der Waals surface area (Å²) in [6.07, 6.45) is 6.99. The number of rotatable bonds is 7. The second-order valence-corrected chi connectivity index (χ2v) is 11.1. The minimum Gasteiger partial charge on any atom is -0.492 e. The van der Waals surface area contributed by atoms with Crippen LogP contribution in [0.1, 0.15) is 59.3 Å². The minimum atomic E-state index is -0.397. The number of ether oxygens (including phenoxy) is 2. The summed E-state index contributed by atoms with van der Waals surface area (Å²) in [6, 6.07) is 7.87. The maximum Gasteiger partial charge on any atom is 0.414 e. The molecule has 1 aromatic heterocycles. The van der Waals surface area contributed by atoms with Crippen LogP contribution in [0, 0.1) is 5.41 Å². The van der Waals surface area contributed by atoms with Gasteiger partial charge in [0.1, 0.15) is 5.75 Å². The molecule has 1 amide bonds. The molecule has 188 valence electrons. The number of nitrogens with zero attached hydrogens (tertiary/aromatic N) is 2. The Bertz CT molecular complexity index is 920. The van der Waals surface area contributed by atoms with Crippen LogP contribution in [-0.4, -0.2) is 72.8 Å². The molecule has 0 aliphatic carbocycles. The SMILES string of the molecule is CC(C)(C)COc1cccc2[nH]c(OC(=O)NC3CCN(CCN4CCCCCC4)CC3)cc12. The molecule has 1 aromatic carbocycles.